The Balaban J connectivity index is 1.71. The van der Waals surface area contributed by atoms with E-state index < -0.39 is 22.8 Å². The number of ether oxygens (including phenoxy) is 1. The van der Waals surface area contributed by atoms with Gasteiger partial charge in [-0.25, -0.2) is 9.59 Å². The zero-order valence-electron chi connectivity index (χ0n) is 15.7. The Hall–Kier alpha value is -4.12. The molecule has 1 aliphatic heterocycles. The molecule has 3 aromatic carbocycles. The van der Waals surface area contributed by atoms with Crippen LogP contribution in [0.15, 0.2) is 94.2 Å². The quantitative estimate of drug-likeness (QED) is 0.502. The Morgan fingerprint density at radius 3 is 2.10 bits per heavy atom. The maximum atomic E-state index is 12.0. The van der Waals surface area contributed by atoms with Gasteiger partial charge in [0.1, 0.15) is 16.9 Å². The van der Waals surface area contributed by atoms with Crippen LogP contribution in [-0.2, 0) is 5.60 Å². The van der Waals surface area contributed by atoms with E-state index in [1.54, 1.807) is 12.1 Å². The van der Waals surface area contributed by atoms with Gasteiger partial charge in [0, 0.05) is 28.1 Å². The normalized spacial score (nSPS) is 14.1. The van der Waals surface area contributed by atoms with Crippen molar-refractivity contribution in [2.75, 3.05) is 0 Å². The van der Waals surface area contributed by atoms with Gasteiger partial charge in [-0.05, 0) is 18.2 Å². The van der Waals surface area contributed by atoms with E-state index >= 15 is 0 Å². The highest BCUT2D eigenvalue weighted by atomic mass is 16.5. The summed E-state index contributed by atoms with van der Waals surface area (Å²) < 4.78 is 11.8. The molecule has 5 heteroatoms. The Morgan fingerprint density at radius 1 is 0.867 bits per heavy atom. The average Bonchev–Trinajstić information content (AvgIpc) is 2.78. The molecule has 0 saturated carbocycles. The average molecular weight is 396 g/mol. The summed E-state index contributed by atoms with van der Waals surface area (Å²) in [5.74, 6) is -0.772. The molecule has 1 aromatic heterocycles. The van der Waals surface area contributed by atoms with Crippen LogP contribution in [0, 0.1) is 0 Å². The standard InChI is InChI=1S/C25H16O5/c26-23(27)20-14-17-13-16-11-12-25(18-7-3-1-4-8-18,19-9-5-2-6-10-19)30-22(16)15-21(17)29-24(20)28/h1-15H,(H,26,27). The van der Waals surface area contributed by atoms with Gasteiger partial charge in [0.05, 0.1) is 0 Å². The van der Waals surface area contributed by atoms with E-state index in [-0.39, 0.29) is 5.58 Å². The number of carboxylic acids is 1. The molecule has 0 radical (unpaired) electrons. The second-order valence-electron chi connectivity index (χ2n) is 7.08. The number of carbonyl (C=O) groups is 1. The highest BCUT2D eigenvalue weighted by Crippen LogP contribution is 2.43. The van der Waals surface area contributed by atoms with Crippen LogP contribution in [0.1, 0.15) is 27.0 Å². The molecule has 0 saturated heterocycles. The van der Waals surface area contributed by atoms with Crippen molar-refractivity contribution in [3.63, 3.8) is 0 Å². The molecule has 1 N–H and O–H groups in total. The molecule has 5 rings (SSSR count). The van der Waals surface area contributed by atoms with Crippen LogP contribution in [0.5, 0.6) is 5.75 Å². The number of hydrogen-bond donors (Lipinski definition) is 1. The molecule has 30 heavy (non-hydrogen) atoms. The monoisotopic (exact) mass is 396 g/mol. The minimum Gasteiger partial charge on any atom is -0.477 e. The predicted octanol–water partition coefficient (Wildman–Crippen LogP) is 4.84. The van der Waals surface area contributed by atoms with Gasteiger partial charge in [0.25, 0.3) is 0 Å². The summed E-state index contributed by atoms with van der Waals surface area (Å²) in [7, 11) is 0. The number of aromatic carboxylic acids is 1. The van der Waals surface area contributed by atoms with Crippen molar-refractivity contribution < 1.29 is 19.1 Å². The molecule has 146 valence electrons. The summed E-state index contributed by atoms with van der Waals surface area (Å²) in [6.45, 7) is 0. The summed E-state index contributed by atoms with van der Waals surface area (Å²) in [6, 6.07) is 24.5. The Bertz CT molecular complexity index is 1310. The number of hydrogen-bond acceptors (Lipinski definition) is 4. The highest BCUT2D eigenvalue weighted by molar-refractivity contribution is 5.92. The van der Waals surface area contributed by atoms with E-state index in [2.05, 4.69) is 0 Å². The molecule has 0 aliphatic carbocycles. The molecular weight excluding hydrogens is 380 g/mol. The lowest BCUT2D eigenvalue weighted by Crippen LogP contribution is -2.34. The van der Waals surface area contributed by atoms with E-state index in [1.807, 2.05) is 72.8 Å². The Morgan fingerprint density at radius 2 is 1.50 bits per heavy atom. The summed E-state index contributed by atoms with van der Waals surface area (Å²) in [6.07, 6.45) is 3.94. The van der Waals surface area contributed by atoms with Gasteiger partial charge < -0.3 is 14.3 Å². The summed E-state index contributed by atoms with van der Waals surface area (Å²) in [5.41, 5.74) is 0.834. The SMILES string of the molecule is O=C(O)c1cc2cc3c(cc2oc1=O)OC(c1ccccc1)(c1ccccc1)C=C3. The smallest absolute Gasteiger partial charge is 0.351 e. The second kappa shape index (κ2) is 6.74. The highest BCUT2D eigenvalue weighted by Gasteiger charge is 2.37. The van der Waals surface area contributed by atoms with Crippen molar-refractivity contribution in [3.8, 4) is 5.75 Å². The predicted molar refractivity (Wildman–Crippen MR) is 113 cm³/mol. The maximum Gasteiger partial charge on any atom is 0.351 e. The molecule has 0 atom stereocenters. The van der Waals surface area contributed by atoms with Crippen LogP contribution in [0.2, 0.25) is 0 Å². The van der Waals surface area contributed by atoms with Gasteiger partial charge in [0.2, 0.25) is 0 Å². The molecule has 0 bridgehead atoms. The minimum atomic E-state index is -1.32. The van der Waals surface area contributed by atoms with Gasteiger partial charge in [-0.3, -0.25) is 0 Å². The second-order valence-corrected chi connectivity index (χ2v) is 7.08. The van der Waals surface area contributed by atoms with Crippen LogP contribution in [0.25, 0.3) is 17.0 Å². The molecule has 0 amide bonds. The first-order valence-electron chi connectivity index (χ1n) is 9.41. The first kappa shape index (κ1) is 17.9. The van der Waals surface area contributed by atoms with E-state index in [0.29, 0.717) is 11.1 Å². The molecule has 1 aliphatic rings. The Kier molecular flexibility index (Phi) is 4.03. The first-order chi connectivity index (χ1) is 14.6. The van der Waals surface area contributed by atoms with Gasteiger partial charge in [-0.2, -0.15) is 0 Å². The van der Waals surface area contributed by atoms with Crippen molar-refractivity contribution in [3.05, 3.63) is 118 Å². The lowest BCUT2D eigenvalue weighted by Gasteiger charge is -2.36. The summed E-state index contributed by atoms with van der Waals surface area (Å²) in [4.78, 5) is 23.3. The van der Waals surface area contributed by atoms with Gasteiger partial charge in [0.15, 0.2) is 5.60 Å². The van der Waals surface area contributed by atoms with E-state index in [9.17, 15) is 14.7 Å². The van der Waals surface area contributed by atoms with E-state index in [1.165, 1.54) is 6.07 Å². The van der Waals surface area contributed by atoms with Crippen LogP contribution in [0.4, 0.5) is 0 Å². The van der Waals surface area contributed by atoms with Gasteiger partial charge in [-0.15, -0.1) is 0 Å². The Labute approximate surface area is 171 Å². The number of fused-ring (bicyclic) bond motifs is 2. The number of carboxylic acid groups (broad SMARTS) is 1. The third-order valence-electron chi connectivity index (χ3n) is 5.27. The fourth-order valence-corrected chi connectivity index (χ4v) is 3.80. The van der Waals surface area contributed by atoms with Crippen molar-refractivity contribution in [1.29, 1.82) is 0 Å². The maximum absolute atomic E-state index is 12.0. The zero-order chi connectivity index (χ0) is 20.7. The van der Waals surface area contributed by atoms with Crippen molar-refractivity contribution >= 4 is 23.0 Å². The molecule has 0 spiro atoms. The summed E-state index contributed by atoms with van der Waals surface area (Å²) >= 11 is 0. The van der Waals surface area contributed by atoms with Gasteiger partial charge in [-0.1, -0.05) is 66.7 Å². The molecular formula is C25H16O5. The largest absolute Gasteiger partial charge is 0.477 e. The summed E-state index contributed by atoms with van der Waals surface area (Å²) in [5, 5.41) is 9.70. The van der Waals surface area contributed by atoms with Crippen LogP contribution < -0.4 is 10.4 Å². The van der Waals surface area contributed by atoms with Crippen LogP contribution >= 0.6 is 0 Å². The third kappa shape index (κ3) is 2.79. The first-order valence-corrected chi connectivity index (χ1v) is 9.41. The van der Waals surface area contributed by atoms with Crippen LogP contribution in [-0.4, -0.2) is 11.1 Å². The number of benzene rings is 3. The lowest BCUT2D eigenvalue weighted by molar-refractivity contribution is 0.0692. The molecule has 4 aromatic rings. The minimum absolute atomic E-state index is 0.272. The fraction of sp³-hybridized carbons (Fsp3) is 0.0400. The zero-order valence-corrected chi connectivity index (χ0v) is 15.7. The fourth-order valence-electron chi connectivity index (χ4n) is 3.80. The van der Waals surface area contributed by atoms with Crippen molar-refractivity contribution in [2.45, 2.75) is 5.60 Å². The van der Waals surface area contributed by atoms with Gasteiger partial charge >= 0.3 is 11.6 Å². The molecule has 5 nitrogen and oxygen atoms in total. The van der Waals surface area contributed by atoms with Crippen LogP contribution in [0.3, 0.4) is 0 Å². The van der Waals surface area contributed by atoms with E-state index in [0.717, 1.165) is 16.7 Å². The van der Waals surface area contributed by atoms with E-state index in [4.69, 9.17) is 9.15 Å². The lowest BCUT2D eigenvalue weighted by atomic mass is 9.83. The molecule has 0 unspecified atom stereocenters. The van der Waals surface area contributed by atoms with Crippen molar-refractivity contribution in [1.82, 2.24) is 0 Å². The van der Waals surface area contributed by atoms with Crippen molar-refractivity contribution in [2.24, 2.45) is 0 Å². The third-order valence-corrected chi connectivity index (χ3v) is 5.27. The molecule has 2 heterocycles. The number of rotatable bonds is 3. The topological polar surface area (TPSA) is 76.7 Å². The molecule has 0 fully saturated rings.